The Morgan fingerprint density at radius 3 is 2.66 bits per heavy atom. The Morgan fingerprint density at radius 1 is 1.00 bits per heavy atom. The molecule has 0 saturated heterocycles. The van der Waals surface area contributed by atoms with Gasteiger partial charge in [-0.25, -0.2) is 4.79 Å². The van der Waals surface area contributed by atoms with Gasteiger partial charge in [0.25, 0.3) is 0 Å². The normalized spacial score (nSPS) is 15.1. The summed E-state index contributed by atoms with van der Waals surface area (Å²) < 4.78 is 11.5. The Labute approximate surface area is 195 Å². The summed E-state index contributed by atoms with van der Waals surface area (Å²) in [6.45, 7) is 4.71. The Morgan fingerprint density at radius 2 is 1.78 bits per heavy atom. The van der Waals surface area contributed by atoms with Crippen LogP contribution in [0.3, 0.4) is 0 Å². The maximum Gasteiger partial charge on any atom is 0.345 e. The summed E-state index contributed by atoms with van der Waals surface area (Å²) >= 11 is 12.6. The zero-order valence-corrected chi connectivity index (χ0v) is 18.5. The smallest absolute Gasteiger partial charge is 0.345 e. The van der Waals surface area contributed by atoms with E-state index in [1.807, 2.05) is 54.6 Å². The van der Waals surface area contributed by atoms with Gasteiger partial charge in [-0.3, -0.25) is 0 Å². The Hall–Kier alpha value is -3.21. The molecule has 160 valence electrons. The lowest BCUT2D eigenvalue weighted by molar-refractivity contribution is 0.261. The molecule has 0 spiro atoms. The zero-order valence-electron chi connectivity index (χ0n) is 17.0. The van der Waals surface area contributed by atoms with Gasteiger partial charge < -0.3 is 14.5 Å². The second-order valence-electron chi connectivity index (χ2n) is 7.62. The van der Waals surface area contributed by atoms with Crippen molar-refractivity contribution in [1.82, 2.24) is 5.32 Å². The summed E-state index contributed by atoms with van der Waals surface area (Å²) in [6.07, 6.45) is 0.770. The molecule has 2 heterocycles. The number of hydrogen-bond acceptors (Lipinski definition) is 4. The Balaban J connectivity index is 1.53. The van der Waals surface area contributed by atoms with E-state index < -0.39 is 5.63 Å². The van der Waals surface area contributed by atoms with Crippen molar-refractivity contribution in [1.29, 1.82) is 0 Å². The largest absolute Gasteiger partial charge is 0.493 e. The molecule has 1 aliphatic heterocycles. The van der Waals surface area contributed by atoms with Crippen LogP contribution < -0.4 is 15.7 Å². The predicted octanol–water partition coefficient (Wildman–Crippen LogP) is 6.85. The first-order chi connectivity index (χ1) is 15.5. The van der Waals surface area contributed by atoms with Crippen molar-refractivity contribution in [3.8, 4) is 16.9 Å². The molecule has 32 heavy (non-hydrogen) atoms. The van der Waals surface area contributed by atoms with E-state index in [0.29, 0.717) is 44.6 Å². The molecule has 0 saturated carbocycles. The Bertz CT molecular complexity index is 1410. The number of para-hydroxylation sites is 2. The molecule has 1 aromatic heterocycles. The number of ether oxygens (including phenoxy) is 1. The van der Waals surface area contributed by atoms with Crippen molar-refractivity contribution in [3.05, 3.63) is 105 Å². The Kier molecular flexibility index (Phi) is 5.41. The van der Waals surface area contributed by atoms with Crippen molar-refractivity contribution in [2.45, 2.75) is 12.5 Å². The SMILES string of the molecule is C=C(N[C@H]1CCOc2ccccc21)c1cc2cccc(-c3cccc(Cl)c3Cl)c2oc1=O. The lowest BCUT2D eigenvalue weighted by Gasteiger charge is -2.28. The number of rotatable bonds is 4. The van der Waals surface area contributed by atoms with Crippen LogP contribution in [-0.2, 0) is 0 Å². The minimum absolute atomic E-state index is 0.000788. The molecule has 4 aromatic rings. The van der Waals surface area contributed by atoms with Gasteiger partial charge in [0, 0.05) is 34.2 Å². The zero-order chi connectivity index (χ0) is 22.2. The van der Waals surface area contributed by atoms with E-state index in [0.717, 1.165) is 23.1 Å². The minimum atomic E-state index is -0.471. The highest BCUT2D eigenvalue weighted by Crippen LogP contribution is 2.37. The second-order valence-corrected chi connectivity index (χ2v) is 8.41. The highest BCUT2D eigenvalue weighted by Gasteiger charge is 2.23. The van der Waals surface area contributed by atoms with Crippen molar-refractivity contribution in [2.75, 3.05) is 6.61 Å². The third-order valence-electron chi connectivity index (χ3n) is 5.63. The highest BCUT2D eigenvalue weighted by molar-refractivity contribution is 6.43. The van der Waals surface area contributed by atoms with Crippen molar-refractivity contribution >= 4 is 39.9 Å². The maximum atomic E-state index is 12.9. The molecule has 6 heteroatoms. The highest BCUT2D eigenvalue weighted by atomic mass is 35.5. The first-order valence-electron chi connectivity index (χ1n) is 10.2. The average molecular weight is 464 g/mol. The fraction of sp³-hybridized carbons (Fsp3) is 0.115. The molecule has 0 amide bonds. The van der Waals surface area contributed by atoms with E-state index in [2.05, 4.69) is 11.9 Å². The van der Waals surface area contributed by atoms with E-state index >= 15 is 0 Å². The van der Waals surface area contributed by atoms with Crippen molar-refractivity contribution in [3.63, 3.8) is 0 Å². The average Bonchev–Trinajstić information content (AvgIpc) is 2.80. The van der Waals surface area contributed by atoms with Gasteiger partial charge in [0.05, 0.1) is 28.3 Å². The maximum absolute atomic E-state index is 12.9. The monoisotopic (exact) mass is 463 g/mol. The van der Waals surface area contributed by atoms with Gasteiger partial charge in [-0.1, -0.05) is 78.3 Å². The summed E-state index contributed by atoms with van der Waals surface area (Å²) in [4.78, 5) is 12.9. The summed E-state index contributed by atoms with van der Waals surface area (Å²) in [5.74, 6) is 0.845. The van der Waals surface area contributed by atoms with Crippen LogP contribution >= 0.6 is 23.2 Å². The predicted molar refractivity (Wildman–Crippen MR) is 129 cm³/mol. The van der Waals surface area contributed by atoms with E-state index in [1.54, 1.807) is 12.1 Å². The van der Waals surface area contributed by atoms with Crippen LogP contribution in [0, 0.1) is 0 Å². The molecule has 0 fully saturated rings. The molecule has 1 aliphatic rings. The summed E-state index contributed by atoms with van der Waals surface area (Å²) in [6, 6.07) is 20.7. The van der Waals surface area contributed by atoms with Gasteiger partial charge in [0.1, 0.15) is 11.3 Å². The lowest BCUT2D eigenvalue weighted by Crippen LogP contribution is -2.27. The topological polar surface area (TPSA) is 51.5 Å². The van der Waals surface area contributed by atoms with Crippen LogP contribution in [0.1, 0.15) is 23.6 Å². The molecule has 0 bridgehead atoms. The molecule has 3 aromatic carbocycles. The number of fused-ring (bicyclic) bond motifs is 2. The van der Waals surface area contributed by atoms with Crippen LogP contribution in [0.2, 0.25) is 10.0 Å². The van der Waals surface area contributed by atoms with E-state index in [9.17, 15) is 4.79 Å². The van der Waals surface area contributed by atoms with Gasteiger partial charge in [-0.2, -0.15) is 0 Å². The summed E-state index contributed by atoms with van der Waals surface area (Å²) in [5, 5.41) is 5.01. The quantitative estimate of drug-likeness (QED) is 0.336. The van der Waals surface area contributed by atoms with Gasteiger partial charge in [0.15, 0.2) is 0 Å². The van der Waals surface area contributed by atoms with Crippen LogP contribution in [0.15, 0.2) is 82.5 Å². The summed E-state index contributed by atoms with van der Waals surface area (Å²) in [5.41, 5.74) is 3.33. The van der Waals surface area contributed by atoms with Crippen LogP contribution in [0.5, 0.6) is 5.75 Å². The van der Waals surface area contributed by atoms with Gasteiger partial charge in [-0.15, -0.1) is 0 Å². The van der Waals surface area contributed by atoms with Gasteiger partial charge >= 0.3 is 5.63 Å². The van der Waals surface area contributed by atoms with Gasteiger partial charge in [-0.05, 0) is 18.2 Å². The number of nitrogens with one attached hydrogen (secondary N) is 1. The van der Waals surface area contributed by atoms with Crippen molar-refractivity contribution < 1.29 is 9.15 Å². The van der Waals surface area contributed by atoms with E-state index in [-0.39, 0.29) is 6.04 Å². The van der Waals surface area contributed by atoms with Crippen LogP contribution in [0.4, 0.5) is 0 Å². The molecular formula is C26H19Cl2NO3. The number of hydrogen-bond donors (Lipinski definition) is 1. The molecule has 1 atom stereocenters. The van der Waals surface area contributed by atoms with E-state index in [1.165, 1.54) is 0 Å². The molecule has 0 unspecified atom stereocenters. The van der Waals surface area contributed by atoms with Gasteiger partial charge in [0.2, 0.25) is 0 Å². The second kappa shape index (κ2) is 8.38. The first-order valence-corrected chi connectivity index (χ1v) is 11.0. The molecule has 0 radical (unpaired) electrons. The molecule has 4 nitrogen and oxygen atoms in total. The lowest BCUT2D eigenvalue weighted by atomic mass is 9.99. The summed E-state index contributed by atoms with van der Waals surface area (Å²) in [7, 11) is 0. The van der Waals surface area contributed by atoms with Crippen LogP contribution in [-0.4, -0.2) is 6.61 Å². The van der Waals surface area contributed by atoms with Crippen molar-refractivity contribution in [2.24, 2.45) is 0 Å². The molecule has 5 rings (SSSR count). The number of halogens is 2. The third kappa shape index (κ3) is 3.66. The fourth-order valence-electron chi connectivity index (χ4n) is 4.06. The molecule has 1 N–H and O–H groups in total. The number of benzene rings is 3. The first kappa shape index (κ1) is 20.7. The third-order valence-corrected chi connectivity index (χ3v) is 6.45. The fourth-order valence-corrected chi connectivity index (χ4v) is 4.46. The van der Waals surface area contributed by atoms with E-state index in [4.69, 9.17) is 32.4 Å². The molecule has 0 aliphatic carbocycles. The molecular weight excluding hydrogens is 445 g/mol. The standard InChI is InChI=1S/C26H19Cl2NO3/c1-15(29-22-12-13-31-23-11-3-2-7-19(22)23)20-14-16-6-4-9-18(25(16)32-26(20)30)17-8-5-10-21(27)24(17)28/h2-11,14,22,29H,1,12-13H2/t22-/m0/s1. The van der Waals surface area contributed by atoms with Crippen LogP contribution in [0.25, 0.3) is 27.8 Å². The minimum Gasteiger partial charge on any atom is -0.493 e.